The molecule has 0 radical (unpaired) electrons. The van der Waals surface area contributed by atoms with Crippen LogP contribution in [0.5, 0.6) is 0 Å². The fourth-order valence-electron chi connectivity index (χ4n) is 0.690. The number of tetrazole rings is 1. The molecule has 0 fully saturated rings. The summed E-state index contributed by atoms with van der Waals surface area (Å²) in [4.78, 5) is 11.1. The monoisotopic (exact) mass is 202 g/mol. The van der Waals surface area contributed by atoms with Crippen molar-refractivity contribution in [3.8, 4) is 0 Å². The highest BCUT2D eigenvalue weighted by atomic mass is 16.3. The van der Waals surface area contributed by atoms with Crippen LogP contribution in [-0.2, 0) is 0 Å². The van der Waals surface area contributed by atoms with Crippen molar-refractivity contribution in [1.29, 1.82) is 0 Å². The van der Waals surface area contributed by atoms with Crippen molar-refractivity contribution in [1.82, 2.24) is 25.9 Å². The number of aliphatic hydroxyl groups is 2. The Hall–Kier alpha value is -1.74. The van der Waals surface area contributed by atoms with Gasteiger partial charge in [0.25, 0.3) is 0 Å². The fourth-order valence-corrected chi connectivity index (χ4v) is 0.690. The molecule has 1 rings (SSSR count). The molecule has 1 heterocycles. The molecule has 2 amide bonds. The van der Waals surface area contributed by atoms with E-state index in [2.05, 4.69) is 31.3 Å². The quantitative estimate of drug-likeness (QED) is 0.371. The summed E-state index contributed by atoms with van der Waals surface area (Å²) in [7, 11) is 0. The second kappa shape index (κ2) is 5.09. The average Bonchev–Trinajstić information content (AvgIpc) is 2.66. The van der Waals surface area contributed by atoms with Crippen molar-refractivity contribution in [2.45, 2.75) is 6.04 Å². The number of H-pyrrole nitrogens is 1. The summed E-state index contributed by atoms with van der Waals surface area (Å²) >= 11 is 0. The van der Waals surface area contributed by atoms with Crippen LogP contribution in [0.25, 0.3) is 0 Å². The molecule has 0 saturated heterocycles. The van der Waals surface area contributed by atoms with Crippen LogP contribution in [0.1, 0.15) is 0 Å². The fraction of sp³-hybridized carbons (Fsp3) is 0.600. The molecule has 0 aliphatic heterocycles. The van der Waals surface area contributed by atoms with Gasteiger partial charge in [0, 0.05) is 0 Å². The lowest BCUT2D eigenvalue weighted by molar-refractivity contribution is 0.172. The summed E-state index contributed by atoms with van der Waals surface area (Å²) in [6.07, 6.45) is 0. The van der Waals surface area contributed by atoms with E-state index in [0.717, 1.165) is 0 Å². The molecule has 78 valence electrons. The van der Waals surface area contributed by atoms with Gasteiger partial charge in [0.2, 0.25) is 5.95 Å². The summed E-state index contributed by atoms with van der Waals surface area (Å²) in [5, 5.41) is 34.0. The maximum absolute atomic E-state index is 11.1. The number of anilines is 1. The van der Waals surface area contributed by atoms with E-state index in [1.54, 1.807) is 0 Å². The predicted molar refractivity (Wildman–Crippen MR) is 44.3 cm³/mol. The van der Waals surface area contributed by atoms with Crippen LogP contribution in [0.2, 0.25) is 0 Å². The lowest BCUT2D eigenvalue weighted by Crippen LogP contribution is -2.42. The Morgan fingerprint density at radius 2 is 2.21 bits per heavy atom. The zero-order chi connectivity index (χ0) is 10.4. The van der Waals surface area contributed by atoms with E-state index in [9.17, 15) is 4.79 Å². The summed E-state index contributed by atoms with van der Waals surface area (Å²) in [5.74, 6) is 0.0807. The summed E-state index contributed by atoms with van der Waals surface area (Å²) in [6.45, 7) is -0.697. The Labute approximate surface area is 78.5 Å². The molecular formula is C5H10N6O3. The Kier molecular flexibility index (Phi) is 3.76. The second-order valence-electron chi connectivity index (χ2n) is 2.41. The van der Waals surface area contributed by atoms with Crippen molar-refractivity contribution in [2.24, 2.45) is 0 Å². The van der Waals surface area contributed by atoms with Crippen molar-refractivity contribution >= 4 is 12.0 Å². The molecule has 0 aliphatic carbocycles. The van der Waals surface area contributed by atoms with Crippen LogP contribution in [0.4, 0.5) is 10.7 Å². The van der Waals surface area contributed by atoms with Gasteiger partial charge in [-0.1, -0.05) is 5.10 Å². The molecule has 0 aromatic carbocycles. The minimum Gasteiger partial charge on any atom is -0.394 e. The second-order valence-corrected chi connectivity index (χ2v) is 2.41. The molecule has 0 unspecified atom stereocenters. The standard InChI is InChI=1S/C5H10N6O3/c12-1-3(2-13)6-5(14)7-4-8-10-11-9-4/h3,12-13H,1-2H2,(H3,6,7,8,9,10,11,14). The molecule has 9 nitrogen and oxygen atoms in total. The van der Waals surface area contributed by atoms with Gasteiger partial charge in [0.1, 0.15) is 0 Å². The number of nitrogens with one attached hydrogen (secondary N) is 3. The Balaban J connectivity index is 2.35. The lowest BCUT2D eigenvalue weighted by Gasteiger charge is -2.12. The number of aromatic amines is 1. The Bertz CT molecular complexity index is 271. The highest BCUT2D eigenvalue weighted by molar-refractivity contribution is 5.87. The number of carbonyl (C=O) groups excluding carboxylic acids is 1. The maximum atomic E-state index is 11.1. The van der Waals surface area contributed by atoms with Gasteiger partial charge in [-0.15, -0.1) is 0 Å². The van der Waals surface area contributed by atoms with Gasteiger partial charge in [-0.2, -0.15) is 0 Å². The molecule has 5 N–H and O–H groups in total. The Morgan fingerprint density at radius 1 is 1.50 bits per heavy atom. The molecule has 0 spiro atoms. The Morgan fingerprint density at radius 3 is 2.71 bits per heavy atom. The number of urea groups is 1. The van der Waals surface area contributed by atoms with E-state index in [4.69, 9.17) is 10.2 Å². The van der Waals surface area contributed by atoms with E-state index >= 15 is 0 Å². The van der Waals surface area contributed by atoms with Crippen LogP contribution in [0.3, 0.4) is 0 Å². The largest absolute Gasteiger partial charge is 0.394 e. The van der Waals surface area contributed by atoms with Gasteiger partial charge >= 0.3 is 6.03 Å². The van der Waals surface area contributed by atoms with Crippen molar-refractivity contribution < 1.29 is 15.0 Å². The number of hydrogen-bond donors (Lipinski definition) is 5. The van der Waals surface area contributed by atoms with Gasteiger partial charge in [-0.05, 0) is 10.4 Å². The van der Waals surface area contributed by atoms with Crippen LogP contribution in [0, 0.1) is 0 Å². The third-order valence-electron chi connectivity index (χ3n) is 1.35. The minimum atomic E-state index is -0.703. The molecule has 0 saturated carbocycles. The van der Waals surface area contributed by atoms with Gasteiger partial charge in [-0.3, -0.25) is 5.32 Å². The van der Waals surface area contributed by atoms with Crippen molar-refractivity contribution in [2.75, 3.05) is 18.5 Å². The molecular weight excluding hydrogens is 192 g/mol. The number of aromatic nitrogens is 4. The van der Waals surface area contributed by atoms with Gasteiger partial charge in [0.15, 0.2) is 0 Å². The topological polar surface area (TPSA) is 136 Å². The third kappa shape index (κ3) is 2.95. The number of nitrogens with zero attached hydrogens (tertiary/aromatic N) is 3. The SMILES string of the molecule is O=C(Nc1nnn[nH]1)NC(CO)CO. The van der Waals surface area contributed by atoms with Crippen molar-refractivity contribution in [3.05, 3.63) is 0 Å². The summed E-state index contributed by atoms with van der Waals surface area (Å²) < 4.78 is 0. The first-order valence-corrected chi connectivity index (χ1v) is 3.79. The van der Waals surface area contributed by atoms with E-state index in [0.29, 0.717) is 0 Å². The first-order chi connectivity index (χ1) is 6.76. The summed E-state index contributed by atoms with van der Waals surface area (Å²) in [6, 6.07) is -1.32. The van der Waals surface area contributed by atoms with Crippen LogP contribution < -0.4 is 10.6 Å². The number of hydrogen-bond acceptors (Lipinski definition) is 6. The molecule has 0 atom stereocenters. The minimum absolute atomic E-state index is 0.0807. The third-order valence-corrected chi connectivity index (χ3v) is 1.35. The molecule has 1 aromatic rings. The van der Waals surface area contributed by atoms with E-state index in [1.165, 1.54) is 0 Å². The predicted octanol–water partition coefficient (Wildman–Crippen LogP) is -2.33. The maximum Gasteiger partial charge on any atom is 0.322 e. The highest BCUT2D eigenvalue weighted by Gasteiger charge is 2.10. The van der Waals surface area contributed by atoms with Gasteiger partial charge in [-0.25, -0.2) is 9.89 Å². The summed E-state index contributed by atoms with van der Waals surface area (Å²) in [5.41, 5.74) is 0. The van der Waals surface area contributed by atoms with Crippen LogP contribution in [-0.4, -0.2) is 56.1 Å². The van der Waals surface area contributed by atoms with Crippen LogP contribution >= 0.6 is 0 Å². The number of aliphatic hydroxyl groups excluding tert-OH is 2. The zero-order valence-electron chi connectivity index (χ0n) is 7.14. The number of rotatable bonds is 4. The number of amides is 2. The van der Waals surface area contributed by atoms with Gasteiger partial charge < -0.3 is 15.5 Å². The average molecular weight is 202 g/mol. The molecule has 0 aliphatic rings. The lowest BCUT2D eigenvalue weighted by atomic mass is 10.3. The normalized spacial score (nSPS) is 10.2. The van der Waals surface area contributed by atoms with Crippen LogP contribution in [0.15, 0.2) is 0 Å². The van der Waals surface area contributed by atoms with Crippen molar-refractivity contribution in [3.63, 3.8) is 0 Å². The van der Waals surface area contributed by atoms with E-state index in [-0.39, 0.29) is 19.2 Å². The highest BCUT2D eigenvalue weighted by Crippen LogP contribution is 1.90. The molecule has 0 bridgehead atoms. The first kappa shape index (κ1) is 10.3. The number of carbonyl (C=O) groups is 1. The van der Waals surface area contributed by atoms with E-state index in [1.807, 2.05) is 0 Å². The molecule has 1 aromatic heterocycles. The molecule has 14 heavy (non-hydrogen) atoms. The molecule has 9 heteroatoms. The van der Waals surface area contributed by atoms with E-state index < -0.39 is 12.1 Å². The smallest absolute Gasteiger partial charge is 0.322 e. The van der Waals surface area contributed by atoms with Gasteiger partial charge in [0.05, 0.1) is 19.3 Å². The first-order valence-electron chi connectivity index (χ1n) is 3.79. The zero-order valence-corrected chi connectivity index (χ0v) is 7.14.